The van der Waals surface area contributed by atoms with Gasteiger partial charge in [0.25, 0.3) is 0 Å². The first kappa shape index (κ1) is 8.92. The molecule has 2 heteroatoms. The number of nitrogens with two attached hydrogens (primary N) is 1. The smallest absolute Gasteiger partial charge is 0.0519 e. The molecule has 0 unspecified atom stereocenters. The van der Waals surface area contributed by atoms with Gasteiger partial charge >= 0.3 is 0 Å². The molecule has 9 heavy (non-hydrogen) atoms. The normalized spacial score (nSPS) is 10.7. The van der Waals surface area contributed by atoms with Crippen LogP contribution >= 0.6 is 0 Å². The molecule has 0 fully saturated rings. The molecule has 0 saturated carbocycles. The van der Waals surface area contributed by atoms with Crippen molar-refractivity contribution in [1.29, 1.82) is 0 Å². The Balaban J connectivity index is 2.75. The second-order valence-electron chi connectivity index (χ2n) is 2.25. The number of hydrogen-bond acceptors (Lipinski definition) is 2. The molecule has 0 aromatic heterocycles. The van der Waals surface area contributed by atoms with Gasteiger partial charge in [0.1, 0.15) is 0 Å². The molecule has 0 heterocycles. The van der Waals surface area contributed by atoms with Crippen molar-refractivity contribution in [1.82, 2.24) is 0 Å². The monoisotopic (exact) mass is 130 g/mol. The minimum absolute atomic E-state index is 0.332. The van der Waals surface area contributed by atoms with Gasteiger partial charge in [-0.3, -0.25) is 0 Å². The van der Waals surface area contributed by atoms with Gasteiger partial charge < -0.3 is 10.5 Å². The fourth-order valence-corrected chi connectivity index (χ4v) is 0.462. The summed E-state index contributed by atoms with van der Waals surface area (Å²) in [5.74, 6) is 0. The van der Waals surface area contributed by atoms with Crippen LogP contribution in [0.4, 0.5) is 0 Å². The van der Waals surface area contributed by atoms with Crippen LogP contribution in [0.2, 0.25) is 0 Å². The minimum atomic E-state index is 0.332. The van der Waals surface area contributed by atoms with Gasteiger partial charge in [-0.15, -0.1) is 0 Å². The van der Waals surface area contributed by atoms with Gasteiger partial charge in [-0.2, -0.15) is 0 Å². The van der Waals surface area contributed by atoms with E-state index in [-0.39, 0.29) is 0 Å². The zero-order valence-corrected chi connectivity index (χ0v) is 6.26. The van der Waals surface area contributed by atoms with E-state index >= 15 is 0 Å². The molecular weight excluding hydrogens is 114 g/mol. The maximum Gasteiger partial charge on any atom is 0.0519 e. The molecule has 0 aliphatic heterocycles. The molecule has 0 amide bonds. The first-order chi connectivity index (χ1) is 4.27. The van der Waals surface area contributed by atoms with E-state index in [0.29, 0.717) is 6.10 Å². The Hall–Kier alpha value is -0.0800. The lowest BCUT2D eigenvalue weighted by Crippen LogP contribution is -2.06. The summed E-state index contributed by atoms with van der Waals surface area (Å²) in [5.41, 5.74) is 5.26. The molecule has 0 rings (SSSR count). The van der Waals surface area contributed by atoms with Crippen molar-refractivity contribution < 1.29 is 4.74 Å². The summed E-state index contributed by atoms with van der Waals surface area (Å²) in [7, 11) is 0. The second kappa shape index (κ2) is 6.05. The molecule has 1 radical (unpaired) electrons. The zero-order chi connectivity index (χ0) is 7.11. The van der Waals surface area contributed by atoms with Crippen LogP contribution in [0.5, 0.6) is 0 Å². The highest BCUT2D eigenvalue weighted by Gasteiger charge is 1.90. The second-order valence-corrected chi connectivity index (χ2v) is 2.25. The SMILES string of the molecule is CC(C)OC[CH]CCN. The standard InChI is InChI=1S/C7H16NO/c1-7(2)9-6-4-3-5-8/h4,7H,3,5-6,8H2,1-2H3. The highest BCUT2D eigenvalue weighted by Crippen LogP contribution is 1.90. The molecule has 2 nitrogen and oxygen atoms in total. The molecular formula is C7H16NO. The van der Waals surface area contributed by atoms with Crippen molar-refractivity contribution in [3.63, 3.8) is 0 Å². The van der Waals surface area contributed by atoms with Crippen LogP contribution in [0.15, 0.2) is 0 Å². The maximum absolute atomic E-state index is 5.26. The van der Waals surface area contributed by atoms with E-state index in [9.17, 15) is 0 Å². The lowest BCUT2D eigenvalue weighted by Gasteiger charge is -2.05. The number of ether oxygens (including phenoxy) is 1. The Morgan fingerprint density at radius 2 is 2.22 bits per heavy atom. The molecule has 0 saturated heterocycles. The van der Waals surface area contributed by atoms with Gasteiger partial charge in [-0.05, 0) is 33.2 Å². The van der Waals surface area contributed by atoms with Crippen LogP contribution in [0.25, 0.3) is 0 Å². The van der Waals surface area contributed by atoms with Gasteiger partial charge in [0.05, 0.1) is 12.7 Å². The van der Waals surface area contributed by atoms with E-state index in [1.165, 1.54) is 0 Å². The van der Waals surface area contributed by atoms with Gasteiger partial charge in [-0.1, -0.05) is 0 Å². The van der Waals surface area contributed by atoms with Crippen molar-refractivity contribution in [2.24, 2.45) is 5.73 Å². The van der Waals surface area contributed by atoms with Crippen LogP contribution in [-0.4, -0.2) is 19.3 Å². The zero-order valence-electron chi connectivity index (χ0n) is 6.26. The van der Waals surface area contributed by atoms with Gasteiger partial charge in [0.15, 0.2) is 0 Å². The Morgan fingerprint density at radius 1 is 1.56 bits per heavy atom. The highest BCUT2D eigenvalue weighted by molar-refractivity contribution is 4.63. The molecule has 0 aromatic rings. The highest BCUT2D eigenvalue weighted by atomic mass is 16.5. The van der Waals surface area contributed by atoms with E-state index in [2.05, 4.69) is 6.42 Å². The predicted octanol–water partition coefficient (Wildman–Crippen LogP) is 0.964. The summed E-state index contributed by atoms with van der Waals surface area (Å²) >= 11 is 0. The number of unbranched alkanes of at least 4 members (excludes halogenated alkanes) is 1. The summed E-state index contributed by atoms with van der Waals surface area (Å²) < 4.78 is 5.23. The molecule has 0 spiro atoms. The Kier molecular flexibility index (Phi) is 5.99. The third kappa shape index (κ3) is 7.92. The Labute approximate surface area is 57.4 Å². The molecule has 0 aromatic carbocycles. The largest absolute Gasteiger partial charge is 0.378 e. The summed E-state index contributed by atoms with van der Waals surface area (Å²) in [6.45, 7) is 5.50. The fourth-order valence-electron chi connectivity index (χ4n) is 0.462. The van der Waals surface area contributed by atoms with Gasteiger partial charge in [-0.25, -0.2) is 0 Å². The van der Waals surface area contributed by atoms with E-state index in [1.807, 2.05) is 13.8 Å². The molecule has 0 aliphatic rings. The molecule has 0 aliphatic carbocycles. The topological polar surface area (TPSA) is 35.2 Å². The van der Waals surface area contributed by atoms with Crippen molar-refractivity contribution in [3.05, 3.63) is 6.42 Å². The quantitative estimate of drug-likeness (QED) is 0.563. The molecule has 0 bridgehead atoms. The molecule has 2 N–H and O–H groups in total. The Morgan fingerprint density at radius 3 is 2.67 bits per heavy atom. The predicted molar refractivity (Wildman–Crippen MR) is 39.1 cm³/mol. The Bertz CT molecular complexity index is 54.9. The number of hydrogen-bond donors (Lipinski definition) is 1. The lowest BCUT2D eigenvalue weighted by atomic mass is 10.3. The fraction of sp³-hybridized carbons (Fsp3) is 0.857. The maximum atomic E-state index is 5.26. The summed E-state index contributed by atoms with van der Waals surface area (Å²) in [6.07, 6.45) is 3.34. The third-order valence-corrected chi connectivity index (χ3v) is 0.918. The first-order valence-electron chi connectivity index (χ1n) is 3.40. The van der Waals surface area contributed by atoms with E-state index in [0.717, 1.165) is 19.6 Å². The van der Waals surface area contributed by atoms with Gasteiger partial charge in [0.2, 0.25) is 0 Å². The molecule has 55 valence electrons. The van der Waals surface area contributed by atoms with Crippen LogP contribution in [0.3, 0.4) is 0 Å². The average Bonchev–Trinajstić information content (AvgIpc) is 1.80. The average molecular weight is 130 g/mol. The third-order valence-electron chi connectivity index (χ3n) is 0.918. The van der Waals surface area contributed by atoms with Crippen molar-refractivity contribution in [3.8, 4) is 0 Å². The minimum Gasteiger partial charge on any atom is -0.378 e. The van der Waals surface area contributed by atoms with Crippen LogP contribution in [0, 0.1) is 6.42 Å². The van der Waals surface area contributed by atoms with Crippen molar-refractivity contribution in [2.75, 3.05) is 13.2 Å². The van der Waals surface area contributed by atoms with Crippen molar-refractivity contribution in [2.45, 2.75) is 26.4 Å². The lowest BCUT2D eigenvalue weighted by molar-refractivity contribution is 0.0942. The van der Waals surface area contributed by atoms with Crippen molar-refractivity contribution >= 4 is 0 Å². The summed E-state index contributed by atoms with van der Waals surface area (Å²) in [6, 6.07) is 0. The molecule has 0 atom stereocenters. The summed E-state index contributed by atoms with van der Waals surface area (Å²) in [4.78, 5) is 0. The van der Waals surface area contributed by atoms with E-state index < -0.39 is 0 Å². The summed E-state index contributed by atoms with van der Waals surface area (Å²) in [5, 5.41) is 0. The number of rotatable bonds is 5. The van der Waals surface area contributed by atoms with Crippen LogP contribution < -0.4 is 5.73 Å². The first-order valence-corrected chi connectivity index (χ1v) is 3.40. The van der Waals surface area contributed by atoms with E-state index in [1.54, 1.807) is 0 Å². The van der Waals surface area contributed by atoms with E-state index in [4.69, 9.17) is 10.5 Å². The van der Waals surface area contributed by atoms with Crippen LogP contribution in [0.1, 0.15) is 20.3 Å². The van der Waals surface area contributed by atoms with Gasteiger partial charge in [0, 0.05) is 0 Å². The van der Waals surface area contributed by atoms with Crippen LogP contribution in [-0.2, 0) is 4.74 Å².